The standard InChI is InChI=1S/C42H40Cl3N2O12P/c1-2-20-52-41(49)57-37-35(47-40(48)53-24-33-31-18-10-8-16-29(31)30-17-9-11-19-32(30)33)38(58-39(46)42(43,44)45)56-34(25-51-21-26-12-4-3-5-13-26)36(37)59-60(50)54-22-27-14-6-7-15-28(27)23-55-60/h2-19,33-38,46H,1,20-25H2,(H,47,48)/t34?,35?,36-,37-,38-/m1/s1. The molecule has 4 aromatic carbocycles. The minimum Gasteiger partial charge on any atom is -0.449 e. The van der Waals surface area contributed by atoms with Crippen LogP contribution in [-0.2, 0) is 66.4 Å². The van der Waals surface area contributed by atoms with Crippen molar-refractivity contribution in [2.24, 2.45) is 0 Å². The Morgan fingerprint density at radius 3 is 2.03 bits per heavy atom. The molecule has 2 heterocycles. The number of hydrogen-bond donors (Lipinski definition) is 2. The second kappa shape index (κ2) is 19.5. The SMILES string of the molecule is C=CCOC(=O)O[C@@H]1C(NC(=O)OCC2c3ccccc3-c3ccccc32)[C@@H](OC(=N)C(Cl)(Cl)Cl)OC(COCc2ccccc2)[C@H]1OP1(=O)OCc2ccccc2CO1. The maximum absolute atomic E-state index is 14.4. The van der Waals surface area contributed by atoms with Crippen LogP contribution >= 0.6 is 42.6 Å². The molecule has 3 aliphatic rings. The Hall–Kier alpha value is -4.47. The smallest absolute Gasteiger partial charge is 0.449 e. The first-order valence-corrected chi connectivity index (χ1v) is 21.3. The van der Waals surface area contributed by atoms with Gasteiger partial charge in [-0.2, -0.15) is 0 Å². The average Bonchev–Trinajstić information content (AvgIpc) is 3.46. The Bertz CT molecular complexity index is 2150. The van der Waals surface area contributed by atoms with Gasteiger partial charge >= 0.3 is 20.1 Å². The first-order valence-electron chi connectivity index (χ1n) is 18.7. The zero-order valence-corrected chi connectivity index (χ0v) is 34.9. The Kier molecular flexibility index (Phi) is 14.2. The average molecular weight is 902 g/mol. The number of ether oxygens (including phenoxy) is 6. The highest BCUT2D eigenvalue weighted by Crippen LogP contribution is 2.55. The van der Waals surface area contributed by atoms with Gasteiger partial charge in [0.05, 0.1) is 26.4 Å². The highest BCUT2D eigenvalue weighted by atomic mass is 35.6. The number of fused-ring (bicyclic) bond motifs is 4. The molecule has 14 nitrogen and oxygen atoms in total. The van der Waals surface area contributed by atoms with E-state index in [1.165, 1.54) is 6.08 Å². The minimum atomic E-state index is -4.54. The van der Waals surface area contributed by atoms with E-state index in [-0.39, 0.29) is 45.6 Å². The lowest BCUT2D eigenvalue weighted by atomic mass is 9.96. The van der Waals surface area contributed by atoms with E-state index in [4.69, 9.17) is 82.2 Å². The van der Waals surface area contributed by atoms with E-state index in [9.17, 15) is 14.2 Å². The van der Waals surface area contributed by atoms with Gasteiger partial charge in [0.1, 0.15) is 31.5 Å². The van der Waals surface area contributed by atoms with Crippen LogP contribution in [0.25, 0.3) is 11.1 Å². The van der Waals surface area contributed by atoms with Gasteiger partial charge in [0.15, 0.2) is 6.10 Å². The predicted molar refractivity (Wildman–Crippen MR) is 221 cm³/mol. The summed E-state index contributed by atoms with van der Waals surface area (Å²) in [5, 5.41) is 11.1. The van der Waals surface area contributed by atoms with Crippen molar-refractivity contribution in [3.05, 3.63) is 144 Å². The second-order valence-corrected chi connectivity index (χ2v) is 17.7. The number of phosphoric acid groups is 1. The summed E-state index contributed by atoms with van der Waals surface area (Å²) in [6.45, 7) is 2.64. The Labute approximate surface area is 361 Å². The molecular formula is C42H40Cl3N2O12P. The van der Waals surface area contributed by atoms with Crippen molar-refractivity contribution in [1.82, 2.24) is 5.32 Å². The molecule has 2 aliphatic heterocycles. The summed E-state index contributed by atoms with van der Waals surface area (Å²) in [5.74, 6) is -1.23. The molecule has 0 radical (unpaired) electrons. The number of amides is 1. The van der Waals surface area contributed by atoms with Gasteiger partial charge < -0.3 is 33.7 Å². The van der Waals surface area contributed by atoms with E-state index >= 15 is 0 Å². The number of carbonyl (C=O) groups excluding carboxylic acids is 2. The van der Waals surface area contributed by atoms with Gasteiger partial charge in [0, 0.05) is 5.92 Å². The molecule has 1 fully saturated rings. The number of alkyl carbamates (subject to hydrolysis) is 1. The van der Waals surface area contributed by atoms with Crippen molar-refractivity contribution in [1.29, 1.82) is 5.41 Å². The molecule has 7 rings (SSSR count). The van der Waals surface area contributed by atoms with Gasteiger partial charge in [-0.1, -0.05) is 151 Å². The molecule has 0 spiro atoms. The van der Waals surface area contributed by atoms with Gasteiger partial charge in [0.25, 0.3) is 3.79 Å². The van der Waals surface area contributed by atoms with Crippen molar-refractivity contribution in [2.75, 3.05) is 19.8 Å². The Balaban J connectivity index is 1.21. The fraction of sp³-hybridized carbons (Fsp3) is 0.310. The van der Waals surface area contributed by atoms with Gasteiger partial charge in [-0.3, -0.25) is 19.0 Å². The first-order chi connectivity index (χ1) is 28.9. The fourth-order valence-electron chi connectivity index (χ4n) is 7.04. The number of halogens is 3. The van der Waals surface area contributed by atoms with E-state index < -0.39 is 60.4 Å². The normalized spacial score (nSPS) is 21.9. The van der Waals surface area contributed by atoms with Crippen molar-refractivity contribution in [2.45, 2.75) is 60.2 Å². The number of carbonyl (C=O) groups is 2. The van der Waals surface area contributed by atoms with Crippen LogP contribution < -0.4 is 5.32 Å². The van der Waals surface area contributed by atoms with E-state index in [0.29, 0.717) is 11.1 Å². The topological polar surface area (TPSA) is 170 Å². The van der Waals surface area contributed by atoms with Crippen LogP contribution in [0.4, 0.5) is 9.59 Å². The third-order valence-corrected chi connectivity index (χ3v) is 11.7. The lowest BCUT2D eigenvalue weighted by Gasteiger charge is -2.45. The van der Waals surface area contributed by atoms with Gasteiger partial charge in [-0.05, 0) is 38.9 Å². The van der Waals surface area contributed by atoms with E-state index in [1.54, 1.807) is 24.3 Å². The van der Waals surface area contributed by atoms with Crippen molar-refractivity contribution >= 4 is 60.8 Å². The number of alkyl halides is 3. The molecule has 316 valence electrons. The summed E-state index contributed by atoms with van der Waals surface area (Å²) in [4.78, 5) is 27.2. The van der Waals surface area contributed by atoms with Crippen molar-refractivity contribution in [3.8, 4) is 11.1 Å². The largest absolute Gasteiger partial charge is 0.509 e. The summed E-state index contributed by atoms with van der Waals surface area (Å²) in [6, 6.07) is 30.3. The predicted octanol–water partition coefficient (Wildman–Crippen LogP) is 9.15. The number of hydrogen-bond acceptors (Lipinski definition) is 13. The molecule has 0 aromatic heterocycles. The molecule has 2 N–H and O–H groups in total. The molecule has 4 aromatic rings. The van der Waals surface area contributed by atoms with E-state index in [1.807, 2.05) is 78.9 Å². The lowest BCUT2D eigenvalue weighted by molar-refractivity contribution is -0.250. The van der Waals surface area contributed by atoms with Crippen LogP contribution in [-0.4, -0.2) is 72.4 Å². The highest BCUT2D eigenvalue weighted by molar-refractivity contribution is 7.48. The number of nitrogens with one attached hydrogen (secondary N) is 2. The maximum Gasteiger partial charge on any atom is 0.509 e. The van der Waals surface area contributed by atoms with E-state index in [2.05, 4.69) is 11.9 Å². The zero-order chi connectivity index (χ0) is 42.3. The van der Waals surface area contributed by atoms with Crippen molar-refractivity contribution in [3.63, 3.8) is 0 Å². The molecule has 1 saturated heterocycles. The zero-order valence-electron chi connectivity index (χ0n) is 31.8. The number of phosphoric ester groups is 1. The van der Waals surface area contributed by atoms with Crippen LogP contribution in [0.5, 0.6) is 0 Å². The van der Waals surface area contributed by atoms with Gasteiger partial charge in [0.2, 0.25) is 12.2 Å². The molecule has 0 bridgehead atoms. The van der Waals surface area contributed by atoms with Crippen LogP contribution in [0.15, 0.2) is 116 Å². The molecule has 1 aliphatic carbocycles. The van der Waals surface area contributed by atoms with E-state index in [0.717, 1.165) is 27.8 Å². The molecule has 2 unspecified atom stereocenters. The fourth-order valence-corrected chi connectivity index (χ4v) is 8.52. The quantitative estimate of drug-likeness (QED) is 0.0326. The highest BCUT2D eigenvalue weighted by Gasteiger charge is 2.55. The maximum atomic E-state index is 14.4. The molecule has 1 amide bonds. The minimum absolute atomic E-state index is 0.0806. The lowest BCUT2D eigenvalue weighted by Crippen LogP contribution is -2.67. The van der Waals surface area contributed by atoms with Crippen LogP contribution in [0.3, 0.4) is 0 Å². The number of rotatable bonds is 13. The summed E-state index contributed by atoms with van der Waals surface area (Å²) >= 11 is 18.1. The van der Waals surface area contributed by atoms with Crippen molar-refractivity contribution < 1.29 is 56.1 Å². The molecule has 5 atom stereocenters. The monoisotopic (exact) mass is 900 g/mol. The van der Waals surface area contributed by atoms with Crippen LogP contribution in [0.2, 0.25) is 0 Å². The molecule has 0 saturated carbocycles. The van der Waals surface area contributed by atoms with Crippen LogP contribution in [0, 0.1) is 5.41 Å². The van der Waals surface area contributed by atoms with Crippen LogP contribution in [0.1, 0.15) is 33.7 Å². The van der Waals surface area contributed by atoms with Gasteiger partial charge in [-0.25, -0.2) is 14.2 Å². The summed E-state index contributed by atoms with van der Waals surface area (Å²) in [5.41, 5.74) is 6.14. The summed E-state index contributed by atoms with van der Waals surface area (Å²) < 4.78 is 64.7. The third-order valence-electron chi connectivity index (χ3n) is 9.84. The molecular weight excluding hydrogens is 862 g/mol. The Morgan fingerprint density at radius 2 is 1.42 bits per heavy atom. The van der Waals surface area contributed by atoms with Gasteiger partial charge in [-0.15, -0.1) is 0 Å². The Morgan fingerprint density at radius 1 is 0.817 bits per heavy atom. The first kappa shape index (κ1) is 43.6. The summed E-state index contributed by atoms with van der Waals surface area (Å²) in [6.07, 6.45) is -7.37. The number of benzene rings is 4. The third kappa shape index (κ3) is 10.5. The second-order valence-electron chi connectivity index (χ2n) is 13.7. The summed E-state index contributed by atoms with van der Waals surface area (Å²) in [7, 11) is -4.54. The molecule has 18 heteroatoms. The molecule has 60 heavy (non-hydrogen) atoms.